The summed E-state index contributed by atoms with van der Waals surface area (Å²) in [5.41, 5.74) is 8.00. The molecule has 2 aromatic carbocycles. The Bertz CT molecular complexity index is 760. The lowest BCUT2D eigenvalue weighted by atomic mass is 10.1. The lowest BCUT2D eigenvalue weighted by Crippen LogP contribution is -2.30. The molecule has 1 heterocycles. The van der Waals surface area contributed by atoms with E-state index in [0.29, 0.717) is 0 Å². The molecule has 0 aliphatic rings. The first-order valence-electron chi connectivity index (χ1n) is 8.42. The van der Waals surface area contributed by atoms with E-state index in [4.69, 9.17) is 0 Å². The van der Waals surface area contributed by atoms with Crippen LogP contribution < -0.4 is 4.57 Å². The molecule has 0 saturated carbocycles. The summed E-state index contributed by atoms with van der Waals surface area (Å²) in [4.78, 5) is 0. The molecule has 0 unspecified atom stereocenters. The first-order chi connectivity index (χ1) is 11.2. The molecule has 23 heavy (non-hydrogen) atoms. The number of benzene rings is 2. The molecular weight excluding hydrogens is 280 g/mol. The van der Waals surface area contributed by atoms with Crippen molar-refractivity contribution in [1.82, 2.24) is 4.57 Å². The largest absolute Gasteiger partial charge is 0.254 e. The maximum Gasteiger partial charge on any atom is 0.254 e. The Morgan fingerprint density at radius 1 is 0.870 bits per heavy atom. The minimum Gasteiger partial charge on any atom is -0.202 e. The van der Waals surface area contributed by atoms with Gasteiger partial charge in [-0.05, 0) is 48.9 Å². The van der Waals surface area contributed by atoms with E-state index in [0.717, 1.165) is 12.8 Å². The molecule has 0 spiro atoms. The van der Waals surface area contributed by atoms with Gasteiger partial charge in [0, 0.05) is 0 Å². The van der Waals surface area contributed by atoms with E-state index in [-0.39, 0.29) is 0 Å². The smallest absolute Gasteiger partial charge is 0.202 e. The van der Waals surface area contributed by atoms with Crippen molar-refractivity contribution in [2.24, 2.45) is 0 Å². The molecule has 0 N–H and O–H groups in total. The molecule has 2 heteroatoms. The number of imidazole rings is 1. The lowest BCUT2D eigenvalue weighted by molar-refractivity contribution is -0.595. The van der Waals surface area contributed by atoms with Crippen LogP contribution >= 0.6 is 0 Å². The monoisotopic (exact) mass is 305 g/mol. The van der Waals surface area contributed by atoms with Crippen molar-refractivity contribution in [2.75, 3.05) is 0 Å². The molecule has 0 amide bonds. The highest BCUT2D eigenvalue weighted by molar-refractivity contribution is 5.47. The minimum atomic E-state index is 1.04. The standard InChI is InChI=1S/C21H25N2/c1-5-18-11-7-9-16(3)20(18)22-13-14-23(15-22)21-17(4)10-8-12-19(21)6-2/h7-15H,5-6H2,1-4H3/q+1. The first kappa shape index (κ1) is 15.5. The Kier molecular flexibility index (Phi) is 4.33. The van der Waals surface area contributed by atoms with Crippen molar-refractivity contribution >= 4 is 0 Å². The second-order valence-electron chi connectivity index (χ2n) is 6.10. The van der Waals surface area contributed by atoms with Crippen LogP contribution in [0.3, 0.4) is 0 Å². The molecule has 0 aliphatic carbocycles. The molecular formula is C21H25N2+. The number of hydrogen-bond donors (Lipinski definition) is 0. The van der Waals surface area contributed by atoms with Gasteiger partial charge in [0.15, 0.2) is 0 Å². The Labute approximate surface area is 139 Å². The molecule has 0 radical (unpaired) electrons. The summed E-state index contributed by atoms with van der Waals surface area (Å²) >= 11 is 0. The van der Waals surface area contributed by atoms with Crippen LogP contribution in [0.25, 0.3) is 11.4 Å². The van der Waals surface area contributed by atoms with Gasteiger partial charge in [0.05, 0.1) is 0 Å². The number of rotatable bonds is 4. The number of aromatic nitrogens is 2. The summed E-state index contributed by atoms with van der Waals surface area (Å²) in [6.45, 7) is 8.80. The van der Waals surface area contributed by atoms with Gasteiger partial charge in [0.25, 0.3) is 6.33 Å². The van der Waals surface area contributed by atoms with Gasteiger partial charge in [-0.25, -0.2) is 9.13 Å². The Morgan fingerprint density at radius 3 is 2.22 bits per heavy atom. The van der Waals surface area contributed by atoms with Crippen LogP contribution in [0.2, 0.25) is 0 Å². The van der Waals surface area contributed by atoms with Crippen LogP contribution in [0.1, 0.15) is 36.1 Å². The molecule has 0 fully saturated rings. The fraction of sp³-hybridized carbons (Fsp3) is 0.286. The highest BCUT2D eigenvalue weighted by Crippen LogP contribution is 2.20. The van der Waals surface area contributed by atoms with E-state index in [1.807, 2.05) is 0 Å². The van der Waals surface area contributed by atoms with E-state index in [9.17, 15) is 0 Å². The van der Waals surface area contributed by atoms with E-state index in [2.05, 4.69) is 91.9 Å². The van der Waals surface area contributed by atoms with Crippen molar-refractivity contribution in [3.05, 3.63) is 77.4 Å². The van der Waals surface area contributed by atoms with Crippen molar-refractivity contribution in [1.29, 1.82) is 0 Å². The molecule has 0 saturated heterocycles. The SMILES string of the molecule is CCc1cccc(C)c1-n1cc[n+](-c2c(C)cccc2CC)c1. The second kappa shape index (κ2) is 6.41. The summed E-state index contributed by atoms with van der Waals surface area (Å²) in [6, 6.07) is 13.1. The van der Waals surface area contributed by atoms with Gasteiger partial charge >= 0.3 is 0 Å². The summed E-state index contributed by atoms with van der Waals surface area (Å²) < 4.78 is 4.50. The number of nitrogens with zero attached hydrogens (tertiary/aromatic N) is 2. The third-order valence-electron chi connectivity index (χ3n) is 4.56. The first-order valence-corrected chi connectivity index (χ1v) is 8.42. The van der Waals surface area contributed by atoms with Gasteiger partial charge in [-0.2, -0.15) is 0 Å². The zero-order valence-corrected chi connectivity index (χ0v) is 14.5. The highest BCUT2D eigenvalue weighted by atomic mass is 15.1. The van der Waals surface area contributed by atoms with Crippen LogP contribution in [-0.2, 0) is 12.8 Å². The van der Waals surface area contributed by atoms with Gasteiger partial charge in [-0.15, -0.1) is 0 Å². The van der Waals surface area contributed by atoms with Crippen LogP contribution in [0.4, 0.5) is 0 Å². The summed E-state index contributed by atoms with van der Waals surface area (Å²) in [6.07, 6.45) is 8.60. The zero-order valence-electron chi connectivity index (χ0n) is 14.5. The van der Waals surface area contributed by atoms with Crippen LogP contribution in [0.15, 0.2) is 55.1 Å². The Balaban J connectivity index is 2.13. The minimum absolute atomic E-state index is 1.04. The van der Waals surface area contributed by atoms with Gasteiger partial charge in [0.1, 0.15) is 23.8 Å². The maximum atomic E-state index is 2.25. The van der Waals surface area contributed by atoms with E-state index < -0.39 is 0 Å². The summed E-state index contributed by atoms with van der Waals surface area (Å²) in [5.74, 6) is 0. The Hall–Kier alpha value is -2.35. The lowest BCUT2D eigenvalue weighted by Gasteiger charge is -2.08. The molecule has 1 aromatic heterocycles. The van der Waals surface area contributed by atoms with Crippen LogP contribution in [0, 0.1) is 13.8 Å². The van der Waals surface area contributed by atoms with Crippen molar-refractivity contribution in [3.8, 4) is 11.4 Å². The summed E-state index contributed by atoms with van der Waals surface area (Å²) in [5, 5.41) is 0. The Morgan fingerprint density at radius 2 is 1.52 bits per heavy atom. The molecule has 2 nitrogen and oxygen atoms in total. The number of para-hydroxylation sites is 2. The third-order valence-corrected chi connectivity index (χ3v) is 4.56. The van der Waals surface area contributed by atoms with Crippen molar-refractivity contribution in [2.45, 2.75) is 40.5 Å². The average Bonchev–Trinajstić information content (AvgIpc) is 3.03. The third kappa shape index (κ3) is 2.81. The van der Waals surface area contributed by atoms with Gasteiger partial charge in [0.2, 0.25) is 0 Å². The van der Waals surface area contributed by atoms with Gasteiger partial charge in [-0.3, -0.25) is 0 Å². The second-order valence-corrected chi connectivity index (χ2v) is 6.10. The maximum absolute atomic E-state index is 2.25. The van der Waals surface area contributed by atoms with Crippen molar-refractivity contribution in [3.63, 3.8) is 0 Å². The van der Waals surface area contributed by atoms with Gasteiger partial charge < -0.3 is 0 Å². The van der Waals surface area contributed by atoms with E-state index in [1.54, 1.807) is 0 Å². The fourth-order valence-corrected chi connectivity index (χ4v) is 3.37. The number of aryl methyl sites for hydroxylation is 4. The zero-order chi connectivity index (χ0) is 16.4. The summed E-state index contributed by atoms with van der Waals surface area (Å²) in [7, 11) is 0. The normalized spacial score (nSPS) is 11.0. The van der Waals surface area contributed by atoms with E-state index >= 15 is 0 Å². The van der Waals surface area contributed by atoms with Gasteiger partial charge in [-0.1, -0.05) is 50.2 Å². The molecule has 0 aliphatic heterocycles. The average molecular weight is 305 g/mol. The predicted molar refractivity (Wildman–Crippen MR) is 95.5 cm³/mol. The van der Waals surface area contributed by atoms with Crippen molar-refractivity contribution < 1.29 is 4.57 Å². The topological polar surface area (TPSA) is 8.81 Å². The molecule has 3 rings (SSSR count). The number of hydrogen-bond acceptors (Lipinski definition) is 0. The molecule has 118 valence electrons. The van der Waals surface area contributed by atoms with E-state index in [1.165, 1.54) is 33.6 Å². The molecule has 3 aromatic rings. The molecule has 0 atom stereocenters. The fourth-order valence-electron chi connectivity index (χ4n) is 3.37. The quantitative estimate of drug-likeness (QED) is 0.628. The highest BCUT2D eigenvalue weighted by Gasteiger charge is 2.17. The molecule has 0 bridgehead atoms. The van der Waals surface area contributed by atoms with Crippen LogP contribution in [0.5, 0.6) is 0 Å². The predicted octanol–water partition coefficient (Wildman–Crippen LogP) is 4.50. The van der Waals surface area contributed by atoms with Crippen LogP contribution in [-0.4, -0.2) is 4.57 Å².